The van der Waals surface area contributed by atoms with Gasteiger partial charge in [-0.25, -0.2) is 4.68 Å². The van der Waals surface area contributed by atoms with E-state index in [1.165, 1.54) is 0 Å². The molecule has 0 atom stereocenters. The maximum absolute atomic E-state index is 11.9. The van der Waals surface area contributed by atoms with Crippen LogP contribution in [0.2, 0.25) is 0 Å². The Morgan fingerprint density at radius 3 is 2.33 bits per heavy atom. The van der Waals surface area contributed by atoms with E-state index in [4.69, 9.17) is 5.73 Å². The lowest BCUT2D eigenvalue weighted by Gasteiger charge is -2.08. The van der Waals surface area contributed by atoms with Gasteiger partial charge in [0, 0.05) is 5.56 Å². The predicted octanol–water partition coefficient (Wildman–Crippen LogP) is 2.95. The predicted molar refractivity (Wildman–Crippen MR) is 82.3 cm³/mol. The number of carbonyl (C=O) groups is 1. The van der Waals surface area contributed by atoms with Crippen LogP contribution in [0.15, 0.2) is 60.8 Å². The van der Waals surface area contributed by atoms with Crippen molar-refractivity contribution < 1.29 is 4.79 Å². The number of primary amides is 1. The molecule has 0 aliphatic carbocycles. The third-order valence-corrected chi connectivity index (χ3v) is 3.44. The first-order chi connectivity index (χ1) is 10.2. The van der Waals surface area contributed by atoms with Gasteiger partial charge in [0.15, 0.2) is 0 Å². The Kier molecular flexibility index (Phi) is 3.28. The molecule has 0 bridgehead atoms. The van der Waals surface area contributed by atoms with Crippen LogP contribution in [0.4, 0.5) is 0 Å². The van der Waals surface area contributed by atoms with Gasteiger partial charge < -0.3 is 5.73 Å². The Hall–Kier alpha value is -2.88. The zero-order valence-corrected chi connectivity index (χ0v) is 11.7. The number of rotatable bonds is 3. The van der Waals surface area contributed by atoms with Gasteiger partial charge in [-0.2, -0.15) is 5.10 Å². The molecule has 104 valence electrons. The molecule has 0 aliphatic rings. The molecule has 2 N–H and O–H groups in total. The number of benzene rings is 2. The van der Waals surface area contributed by atoms with Crippen molar-refractivity contribution in [3.63, 3.8) is 0 Å². The first-order valence-corrected chi connectivity index (χ1v) is 6.67. The van der Waals surface area contributed by atoms with E-state index in [1.54, 1.807) is 10.9 Å². The summed E-state index contributed by atoms with van der Waals surface area (Å²) in [6.07, 6.45) is 1.69. The van der Waals surface area contributed by atoms with Crippen molar-refractivity contribution in [2.45, 2.75) is 6.92 Å². The van der Waals surface area contributed by atoms with Crippen molar-refractivity contribution in [1.29, 1.82) is 0 Å². The quantitative estimate of drug-likeness (QED) is 0.800. The molecule has 2 aromatic carbocycles. The summed E-state index contributed by atoms with van der Waals surface area (Å²) in [7, 11) is 0. The molecule has 21 heavy (non-hydrogen) atoms. The van der Waals surface area contributed by atoms with Crippen LogP contribution in [-0.4, -0.2) is 15.7 Å². The van der Waals surface area contributed by atoms with E-state index in [0.29, 0.717) is 5.69 Å². The van der Waals surface area contributed by atoms with Crippen LogP contribution in [0.3, 0.4) is 0 Å². The zero-order valence-electron chi connectivity index (χ0n) is 11.7. The lowest BCUT2D eigenvalue weighted by atomic mass is 10.0. The lowest BCUT2D eigenvalue weighted by molar-refractivity contribution is 0.0993. The maximum Gasteiger partial charge on any atom is 0.268 e. The Balaban J connectivity index is 2.23. The van der Waals surface area contributed by atoms with Crippen molar-refractivity contribution in [3.05, 3.63) is 72.1 Å². The van der Waals surface area contributed by atoms with E-state index >= 15 is 0 Å². The van der Waals surface area contributed by atoms with Crippen LogP contribution in [0.25, 0.3) is 16.8 Å². The van der Waals surface area contributed by atoms with Gasteiger partial charge in [-0.15, -0.1) is 0 Å². The molecular weight excluding hydrogens is 262 g/mol. The number of hydrogen-bond donors (Lipinski definition) is 1. The molecule has 0 fully saturated rings. The Bertz CT molecular complexity index is 791. The Labute approximate surface area is 122 Å². The summed E-state index contributed by atoms with van der Waals surface area (Å²) in [6, 6.07) is 17.4. The van der Waals surface area contributed by atoms with Crippen molar-refractivity contribution in [3.8, 4) is 16.8 Å². The summed E-state index contributed by atoms with van der Waals surface area (Å²) in [5.74, 6) is -0.491. The first kappa shape index (κ1) is 13.1. The van der Waals surface area contributed by atoms with Gasteiger partial charge in [-0.05, 0) is 30.2 Å². The van der Waals surface area contributed by atoms with E-state index in [9.17, 15) is 4.79 Å². The van der Waals surface area contributed by atoms with Gasteiger partial charge in [0.2, 0.25) is 0 Å². The number of nitrogens with zero attached hydrogens (tertiary/aromatic N) is 2. The molecule has 0 unspecified atom stereocenters. The summed E-state index contributed by atoms with van der Waals surface area (Å²) in [5, 5.41) is 4.34. The summed E-state index contributed by atoms with van der Waals surface area (Å²) in [5.41, 5.74) is 9.59. The molecule has 3 rings (SSSR count). The summed E-state index contributed by atoms with van der Waals surface area (Å²) >= 11 is 0. The minimum Gasteiger partial charge on any atom is -0.364 e. The van der Waals surface area contributed by atoms with E-state index in [0.717, 1.165) is 22.4 Å². The van der Waals surface area contributed by atoms with Crippen molar-refractivity contribution in [1.82, 2.24) is 9.78 Å². The molecule has 1 heterocycles. The fourth-order valence-corrected chi connectivity index (χ4v) is 2.42. The maximum atomic E-state index is 11.9. The van der Waals surface area contributed by atoms with E-state index in [1.807, 2.05) is 61.5 Å². The Morgan fingerprint density at radius 2 is 1.67 bits per heavy atom. The average Bonchev–Trinajstić information content (AvgIpc) is 2.93. The minimum absolute atomic E-state index is 0.399. The van der Waals surface area contributed by atoms with Gasteiger partial charge >= 0.3 is 0 Å². The van der Waals surface area contributed by atoms with Crippen LogP contribution in [0.5, 0.6) is 0 Å². The largest absolute Gasteiger partial charge is 0.364 e. The summed E-state index contributed by atoms with van der Waals surface area (Å²) in [6.45, 7) is 2.00. The van der Waals surface area contributed by atoms with E-state index in [-0.39, 0.29) is 0 Å². The van der Waals surface area contributed by atoms with Crippen LogP contribution < -0.4 is 5.73 Å². The minimum atomic E-state index is -0.491. The SMILES string of the molecule is Cc1ccccc1-c1cnn(-c2ccccc2)c1C(N)=O. The van der Waals surface area contributed by atoms with Crippen LogP contribution in [-0.2, 0) is 0 Å². The number of hydrogen-bond acceptors (Lipinski definition) is 2. The molecule has 4 heteroatoms. The van der Waals surface area contributed by atoms with Crippen molar-refractivity contribution >= 4 is 5.91 Å². The topological polar surface area (TPSA) is 60.9 Å². The number of aryl methyl sites for hydroxylation is 1. The number of nitrogens with two attached hydrogens (primary N) is 1. The van der Waals surface area contributed by atoms with E-state index in [2.05, 4.69) is 5.10 Å². The molecule has 0 saturated heterocycles. The fraction of sp³-hybridized carbons (Fsp3) is 0.0588. The highest BCUT2D eigenvalue weighted by atomic mass is 16.1. The summed E-state index contributed by atoms with van der Waals surface area (Å²) < 4.78 is 1.59. The average molecular weight is 277 g/mol. The van der Waals surface area contributed by atoms with E-state index < -0.39 is 5.91 Å². The molecule has 0 aliphatic heterocycles. The third kappa shape index (κ3) is 2.31. The Morgan fingerprint density at radius 1 is 1.00 bits per heavy atom. The second kappa shape index (κ2) is 5.25. The monoisotopic (exact) mass is 277 g/mol. The van der Waals surface area contributed by atoms with Gasteiger partial charge in [0.1, 0.15) is 5.69 Å². The van der Waals surface area contributed by atoms with Crippen molar-refractivity contribution in [2.24, 2.45) is 5.73 Å². The number of amides is 1. The molecule has 0 spiro atoms. The molecule has 1 amide bonds. The zero-order chi connectivity index (χ0) is 14.8. The van der Waals surface area contributed by atoms with Crippen molar-refractivity contribution in [2.75, 3.05) is 0 Å². The van der Waals surface area contributed by atoms with Gasteiger partial charge in [0.05, 0.1) is 11.9 Å². The van der Waals surface area contributed by atoms with Crippen LogP contribution in [0.1, 0.15) is 16.1 Å². The fourth-order valence-electron chi connectivity index (χ4n) is 2.42. The molecular formula is C17H15N3O. The van der Waals surface area contributed by atoms with Gasteiger partial charge in [-0.3, -0.25) is 4.79 Å². The second-order valence-corrected chi connectivity index (χ2v) is 4.83. The number of aromatic nitrogens is 2. The van der Waals surface area contributed by atoms with Crippen LogP contribution in [0, 0.1) is 6.92 Å². The lowest BCUT2D eigenvalue weighted by Crippen LogP contribution is -2.17. The molecule has 0 saturated carbocycles. The second-order valence-electron chi connectivity index (χ2n) is 4.83. The first-order valence-electron chi connectivity index (χ1n) is 6.67. The highest BCUT2D eigenvalue weighted by Gasteiger charge is 2.19. The normalized spacial score (nSPS) is 10.5. The van der Waals surface area contributed by atoms with Crippen LogP contribution >= 0.6 is 0 Å². The van der Waals surface area contributed by atoms with Gasteiger partial charge in [-0.1, -0.05) is 42.5 Å². The molecule has 3 aromatic rings. The third-order valence-electron chi connectivity index (χ3n) is 3.44. The molecule has 4 nitrogen and oxygen atoms in total. The standard InChI is InChI=1S/C17H15N3O/c1-12-7-5-6-10-14(12)15-11-19-20(16(15)17(18)21)13-8-3-2-4-9-13/h2-11H,1H3,(H2,18,21). The van der Waals surface area contributed by atoms with Gasteiger partial charge in [0.25, 0.3) is 5.91 Å². The highest BCUT2D eigenvalue weighted by Crippen LogP contribution is 2.27. The highest BCUT2D eigenvalue weighted by molar-refractivity contribution is 5.99. The summed E-state index contributed by atoms with van der Waals surface area (Å²) in [4.78, 5) is 11.9. The molecule has 1 aromatic heterocycles. The smallest absolute Gasteiger partial charge is 0.268 e. The number of carbonyl (C=O) groups excluding carboxylic acids is 1. The molecule has 0 radical (unpaired) electrons. The number of para-hydroxylation sites is 1.